The molecule has 0 rings (SSSR count). The smallest absolute Gasteiger partial charge is 0.0744 e. The standard InChI is InChI=1S/C12H24O/c1-9(2)8-11(5)6-7-12(13)10(3)4/h9,11-13H,3,6-8H2,1-2,4-5H3. The maximum absolute atomic E-state index is 9.51. The van der Waals surface area contributed by atoms with Crippen LogP contribution in [0.3, 0.4) is 0 Å². The lowest BCUT2D eigenvalue weighted by molar-refractivity contribution is 0.187. The van der Waals surface area contributed by atoms with Gasteiger partial charge in [-0.1, -0.05) is 32.9 Å². The van der Waals surface area contributed by atoms with E-state index >= 15 is 0 Å². The van der Waals surface area contributed by atoms with E-state index in [1.807, 2.05) is 6.92 Å². The van der Waals surface area contributed by atoms with E-state index < -0.39 is 0 Å². The third-order valence-corrected chi connectivity index (χ3v) is 2.38. The van der Waals surface area contributed by atoms with E-state index in [-0.39, 0.29) is 6.10 Å². The SMILES string of the molecule is C=C(C)C(O)CCC(C)CC(C)C. The van der Waals surface area contributed by atoms with Crippen LogP contribution >= 0.6 is 0 Å². The maximum atomic E-state index is 9.51. The van der Waals surface area contributed by atoms with Crippen LogP contribution in [-0.2, 0) is 0 Å². The van der Waals surface area contributed by atoms with Crippen LogP contribution in [0.2, 0.25) is 0 Å². The van der Waals surface area contributed by atoms with Gasteiger partial charge < -0.3 is 5.11 Å². The van der Waals surface area contributed by atoms with E-state index in [1.165, 1.54) is 6.42 Å². The molecule has 0 spiro atoms. The van der Waals surface area contributed by atoms with Gasteiger partial charge in [0.1, 0.15) is 0 Å². The van der Waals surface area contributed by atoms with E-state index in [0.29, 0.717) is 5.92 Å². The highest BCUT2D eigenvalue weighted by atomic mass is 16.3. The highest BCUT2D eigenvalue weighted by Crippen LogP contribution is 2.18. The van der Waals surface area contributed by atoms with Crippen molar-refractivity contribution in [2.75, 3.05) is 0 Å². The first-order valence-corrected chi connectivity index (χ1v) is 5.27. The topological polar surface area (TPSA) is 20.2 Å². The average Bonchev–Trinajstić information content (AvgIpc) is 1.98. The van der Waals surface area contributed by atoms with Gasteiger partial charge in [0.15, 0.2) is 0 Å². The molecular weight excluding hydrogens is 160 g/mol. The molecule has 2 unspecified atom stereocenters. The largest absolute Gasteiger partial charge is 0.389 e. The van der Waals surface area contributed by atoms with Crippen LogP contribution in [-0.4, -0.2) is 11.2 Å². The van der Waals surface area contributed by atoms with Crippen molar-refractivity contribution >= 4 is 0 Å². The molecule has 1 heteroatoms. The van der Waals surface area contributed by atoms with Crippen molar-refractivity contribution in [3.05, 3.63) is 12.2 Å². The highest BCUT2D eigenvalue weighted by molar-refractivity contribution is 4.96. The molecule has 0 fully saturated rings. The molecule has 0 aromatic carbocycles. The molecule has 0 radical (unpaired) electrons. The number of aliphatic hydroxyl groups excluding tert-OH is 1. The summed E-state index contributed by atoms with van der Waals surface area (Å²) in [5.74, 6) is 1.48. The van der Waals surface area contributed by atoms with Crippen molar-refractivity contribution in [1.82, 2.24) is 0 Å². The molecular formula is C12H24O. The summed E-state index contributed by atoms with van der Waals surface area (Å²) in [5, 5.41) is 9.51. The lowest BCUT2D eigenvalue weighted by Gasteiger charge is -2.16. The van der Waals surface area contributed by atoms with Crippen LogP contribution in [0.5, 0.6) is 0 Å². The lowest BCUT2D eigenvalue weighted by Crippen LogP contribution is -2.10. The predicted molar refractivity (Wildman–Crippen MR) is 58.7 cm³/mol. The van der Waals surface area contributed by atoms with Crippen molar-refractivity contribution in [3.8, 4) is 0 Å². The minimum absolute atomic E-state index is 0.297. The Kier molecular flexibility index (Phi) is 6.06. The summed E-state index contributed by atoms with van der Waals surface area (Å²) in [6, 6.07) is 0. The second-order valence-electron chi connectivity index (χ2n) is 4.67. The Morgan fingerprint density at radius 3 is 2.15 bits per heavy atom. The fraction of sp³-hybridized carbons (Fsp3) is 0.833. The zero-order chi connectivity index (χ0) is 10.4. The highest BCUT2D eigenvalue weighted by Gasteiger charge is 2.09. The Bertz CT molecular complexity index is 149. The van der Waals surface area contributed by atoms with E-state index in [1.54, 1.807) is 0 Å². The molecule has 1 nitrogen and oxygen atoms in total. The second-order valence-corrected chi connectivity index (χ2v) is 4.67. The normalized spacial score (nSPS) is 15.8. The second kappa shape index (κ2) is 6.20. The monoisotopic (exact) mass is 184 g/mol. The number of aliphatic hydroxyl groups is 1. The minimum atomic E-state index is -0.297. The first-order chi connectivity index (χ1) is 5.93. The third kappa shape index (κ3) is 6.83. The van der Waals surface area contributed by atoms with Crippen molar-refractivity contribution in [2.24, 2.45) is 11.8 Å². The van der Waals surface area contributed by atoms with Crippen molar-refractivity contribution in [1.29, 1.82) is 0 Å². The summed E-state index contributed by atoms with van der Waals surface area (Å²) in [6.07, 6.45) is 2.92. The van der Waals surface area contributed by atoms with Crippen molar-refractivity contribution in [3.63, 3.8) is 0 Å². The lowest BCUT2D eigenvalue weighted by atomic mass is 9.92. The van der Waals surface area contributed by atoms with Crippen LogP contribution in [0.4, 0.5) is 0 Å². The van der Waals surface area contributed by atoms with Gasteiger partial charge in [-0.2, -0.15) is 0 Å². The minimum Gasteiger partial charge on any atom is -0.389 e. The van der Waals surface area contributed by atoms with Gasteiger partial charge in [0.05, 0.1) is 6.10 Å². The Morgan fingerprint density at radius 2 is 1.77 bits per heavy atom. The van der Waals surface area contributed by atoms with Crippen LogP contribution in [0.1, 0.15) is 47.0 Å². The van der Waals surface area contributed by atoms with E-state index in [2.05, 4.69) is 27.4 Å². The molecule has 0 heterocycles. The molecule has 0 saturated heterocycles. The molecule has 78 valence electrons. The molecule has 2 atom stereocenters. The van der Waals surface area contributed by atoms with Crippen LogP contribution < -0.4 is 0 Å². The van der Waals surface area contributed by atoms with Crippen LogP contribution in [0.15, 0.2) is 12.2 Å². The first-order valence-electron chi connectivity index (χ1n) is 5.27. The van der Waals surface area contributed by atoms with Crippen molar-refractivity contribution in [2.45, 2.75) is 53.1 Å². The molecule has 0 bridgehead atoms. The molecule has 0 aromatic rings. The van der Waals surface area contributed by atoms with Crippen LogP contribution in [0.25, 0.3) is 0 Å². The summed E-state index contributed by atoms with van der Waals surface area (Å²) >= 11 is 0. The quantitative estimate of drug-likeness (QED) is 0.627. The van der Waals surface area contributed by atoms with Crippen LogP contribution in [0, 0.1) is 11.8 Å². The summed E-state index contributed by atoms with van der Waals surface area (Å²) in [6.45, 7) is 12.4. The number of rotatable bonds is 6. The van der Waals surface area contributed by atoms with Gasteiger partial charge in [-0.25, -0.2) is 0 Å². The summed E-state index contributed by atoms with van der Waals surface area (Å²) < 4.78 is 0. The van der Waals surface area contributed by atoms with Gasteiger partial charge in [-0.05, 0) is 38.0 Å². The summed E-state index contributed by atoms with van der Waals surface area (Å²) in [5.41, 5.74) is 0.886. The average molecular weight is 184 g/mol. The van der Waals surface area contributed by atoms with E-state index in [4.69, 9.17) is 0 Å². The molecule has 1 N–H and O–H groups in total. The van der Waals surface area contributed by atoms with Gasteiger partial charge in [0.2, 0.25) is 0 Å². The fourth-order valence-electron chi connectivity index (χ4n) is 1.61. The van der Waals surface area contributed by atoms with Gasteiger partial charge >= 0.3 is 0 Å². The van der Waals surface area contributed by atoms with Gasteiger partial charge in [-0.3, -0.25) is 0 Å². The first kappa shape index (κ1) is 12.7. The van der Waals surface area contributed by atoms with Gasteiger partial charge in [0, 0.05) is 0 Å². The Morgan fingerprint density at radius 1 is 1.23 bits per heavy atom. The Labute approximate surface area is 82.9 Å². The Balaban J connectivity index is 3.57. The Hall–Kier alpha value is -0.300. The van der Waals surface area contributed by atoms with E-state index in [0.717, 1.165) is 24.3 Å². The van der Waals surface area contributed by atoms with Crippen molar-refractivity contribution < 1.29 is 5.11 Å². The molecule has 0 aliphatic rings. The third-order valence-electron chi connectivity index (χ3n) is 2.38. The zero-order valence-corrected chi connectivity index (χ0v) is 9.51. The van der Waals surface area contributed by atoms with Gasteiger partial charge in [0.25, 0.3) is 0 Å². The molecule has 13 heavy (non-hydrogen) atoms. The molecule has 0 aliphatic heterocycles. The number of hydrogen-bond acceptors (Lipinski definition) is 1. The fourth-order valence-corrected chi connectivity index (χ4v) is 1.61. The summed E-state index contributed by atoms with van der Waals surface area (Å²) in [7, 11) is 0. The number of hydrogen-bond donors (Lipinski definition) is 1. The molecule has 0 amide bonds. The molecule has 0 saturated carbocycles. The maximum Gasteiger partial charge on any atom is 0.0744 e. The molecule has 0 aromatic heterocycles. The molecule has 0 aliphatic carbocycles. The van der Waals surface area contributed by atoms with E-state index in [9.17, 15) is 5.11 Å². The predicted octanol–water partition coefficient (Wildman–Crippen LogP) is 3.39. The zero-order valence-electron chi connectivity index (χ0n) is 9.51. The summed E-state index contributed by atoms with van der Waals surface area (Å²) in [4.78, 5) is 0. The van der Waals surface area contributed by atoms with Gasteiger partial charge in [-0.15, -0.1) is 0 Å².